The molecule has 2 aromatic rings. The molecule has 7 nitrogen and oxygen atoms in total. The van der Waals surface area contributed by atoms with E-state index in [1.54, 1.807) is 18.4 Å². The number of nitrogens with zero attached hydrogens (tertiary/aromatic N) is 5. The van der Waals surface area contributed by atoms with Gasteiger partial charge in [-0.1, -0.05) is 30.3 Å². The van der Waals surface area contributed by atoms with E-state index in [2.05, 4.69) is 29.2 Å². The van der Waals surface area contributed by atoms with Gasteiger partial charge in [-0.25, -0.2) is 9.97 Å². The minimum Gasteiger partial charge on any atom is -0.356 e. The third-order valence-corrected chi connectivity index (χ3v) is 8.09. The molecule has 162 valence electrons. The Morgan fingerprint density at radius 3 is 2.60 bits per heavy atom. The Hall–Kier alpha value is -2.03. The van der Waals surface area contributed by atoms with Crippen molar-refractivity contribution in [2.45, 2.75) is 45.1 Å². The molecular formula is C22H31N5O2S. The van der Waals surface area contributed by atoms with Gasteiger partial charge in [0.2, 0.25) is 0 Å². The molecule has 30 heavy (non-hydrogen) atoms. The van der Waals surface area contributed by atoms with Crippen molar-refractivity contribution < 1.29 is 8.42 Å². The van der Waals surface area contributed by atoms with Crippen LogP contribution in [0, 0.1) is 6.92 Å². The minimum atomic E-state index is -3.49. The Kier molecular flexibility index (Phi) is 6.09. The fourth-order valence-corrected chi connectivity index (χ4v) is 5.77. The number of anilines is 1. The van der Waals surface area contributed by atoms with Gasteiger partial charge < -0.3 is 4.90 Å². The van der Waals surface area contributed by atoms with Crippen LogP contribution >= 0.6 is 0 Å². The van der Waals surface area contributed by atoms with Crippen molar-refractivity contribution in [1.82, 2.24) is 18.6 Å². The maximum atomic E-state index is 12.8. The zero-order valence-corrected chi connectivity index (χ0v) is 18.9. The van der Waals surface area contributed by atoms with Crippen LogP contribution < -0.4 is 4.90 Å². The van der Waals surface area contributed by atoms with Gasteiger partial charge in [0, 0.05) is 45.0 Å². The molecule has 0 spiro atoms. The van der Waals surface area contributed by atoms with Gasteiger partial charge in [0.25, 0.3) is 10.2 Å². The molecule has 0 radical (unpaired) electrons. The van der Waals surface area contributed by atoms with Crippen LogP contribution in [0.2, 0.25) is 0 Å². The van der Waals surface area contributed by atoms with Gasteiger partial charge in [0.05, 0.1) is 6.04 Å². The average Bonchev–Trinajstić information content (AvgIpc) is 3.24. The second kappa shape index (κ2) is 8.61. The Morgan fingerprint density at radius 1 is 1.10 bits per heavy atom. The SMILES string of the molecule is Cc1nc(C2CCCN2S(=O)(=O)N(C)C)nc2c1CCCN2CCc1ccccc1. The minimum absolute atomic E-state index is 0.292. The van der Waals surface area contributed by atoms with Gasteiger partial charge in [-0.05, 0) is 44.6 Å². The number of benzene rings is 1. The van der Waals surface area contributed by atoms with Crippen molar-refractivity contribution in [2.24, 2.45) is 0 Å². The highest BCUT2D eigenvalue weighted by atomic mass is 32.2. The fraction of sp³-hybridized carbons (Fsp3) is 0.545. The maximum absolute atomic E-state index is 12.8. The topological polar surface area (TPSA) is 69.6 Å². The molecule has 2 aliphatic heterocycles. The summed E-state index contributed by atoms with van der Waals surface area (Å²) in [7, 11) is -0.338. The molecule has 0 aliphatic carbocycles. The molecule has 1 unspecified atom stereocenters. The summed E-state index contributed by atoms with van der Waals surface area (Å²) in [5, 5.41) is 0. The summed E-state index contributed by atoms with van der Waals surface area (Å²) in [5.41, 5.74) is 3.50. The van der Waals surface area contributed by atoms with Gasteiger partial charge in [-0.3, -0.25) is 0 Å². The molecule has 3 heterocycles. The predicted octanol–water partition coefficient (Wildman–Crippen LogP) is 2.72. The summed E-state index contributed by atoms with van der Waals surface area (Å²) in [4.78, 5) is 12.1. The number of hydrogen-bond donors (Lipinski definition) is 0. The Bertz CT molecular complexity index is 994. The molecular weight excluding hydrogens is 398 g/mol. The lowest BCUT2D eigenvalue weighted by Crippen LogP contribution is -2.40. The second-order valence-electron chi connectivity index (χ2n) is 8.35. The average molecular weight is 430 g/mol. The van der Waals surface area contributed by atoms with Crippen LogP contribution in [0.3, 0.4) is 0 Å². The van der Waals surface area contributed by atoms with Crippen LogP contribution in [0.25, 0.3) is 0 Å². The van der Waals surface area contributed by atoms with Crippen LogP contribution in [0.5, 0.6) is 0 Å². The highest BCUT2D eigenvalue weighted by Crippen LogP contribution is 2.36. The maximum Gasteiger partial charge on any atom is 0.282 e. The van der Waals surface area contributed by atoms with E-state index < -0.39 is 10.2 Å². The highest BCUT2D eigenvalue weighted by Gasteiger charge is 2.39. The predicted molar refractivity (Wildman–Crippen MR) is 119 cm³/mol. The molecule has 1 aromatic heterocycles. The van der Waals surface area contributed by atoms with Gasteiger partial charge in [-0.15, -0.1) is 0 Å². The van der Waals surface area contributed by atoms with Crippen molar-refractivity contribution in [2.75, 3.05) is 38.6 Å². The van der Waals surface area contributed by atoms with Crippen LogP contribution in [0.4, 0.5) is 5.82 Å². The van der Waals surface area contributed by atoms with E-state index >= 15 is 0 Å². The molecule has 1 fully saturated rings. The molecule has 0 N–H and O–H groups in total. The van der Waals surface area contributed by atoms with Crippen LogP contribution in [0.15, 0.2) is 30.3 Å². The first-order chi connectivity index (χ1) is 14.4. The monoisotopic (exact) mass is 429 g/mol. The van der Waals surface area contributed by atoms with Crippen molar-refractivity contribution >= 4 is 16.0 Å². The number of rotatable bonds is 6. The Balaban J connectivity index is 1.63. The third kappa shape index (κ3) is 4.08. The summed E-state index contributed by atoms with van der Waals surface area (Å²) in [6.07, 6.45) is 4.62. The standard InChI is InChI=1S/C22H31N5O2S/c1-17-19-11-7-14-26(16-13-18-9-5-4-6-10-18)22(19)24-21(23-17)20-12-8-15-27(20)30(28,29)25(2)3/h4-6,9-10,20H,7-8,11-16H2,1-3H3. The quantitative estimate of drug-likeness (QED) is 0.706. The zero-order valence-electron chi connectivity index (χ0n) is 18.1. The lowest BCUT2D eigenvalue weighted by Gasteiger charge is -2.32. The van der Waals surface area contributed by atoms with E-state index in [4.69, 9.17) is 9.97 Å². The lowest BCUT2D eigenvalue weighted by atomic mass is 10.0. The van der Waals surface area contributed by atoms with Crippen molar-refractivity contribution in [3.63, 3.8) is 0 Å². The van der Waals surface area contributed by atoms with Crippen LogP contribution in [-0.2, 0) is 23.1 Å². The fourth-order valence-electron chi connectivity index (χ4n) is 4.47. The third-order valence-electron chi connectivity index (χ3n) is 6.14. The summed E-state index contributed by atoms with van der Waals surface area (Å²) in [6.45, 7) is 4.42. The molecule has 8 heteroatoms. The Labute approximate surface area is 179 Å². The first-order valence-electron chi connectivity index (χ1n) is 10.7. The van der Waals surface area contributed by atoms with E-state index in [-0.39, 0.29) is 6.04 Å². The number of hydrogen-bond acceptors (Lipinski definition) is 5. The van der Waals surface area contributed by atoms with E-state index in [0.29, 0.717) is 12.4 Å². The summed E-state index contributed by atoms with van der Waals surface area (Å²) >= 11 is 0. The largest absolute Gasteiger partial charge is 0.356 e. The van der Waals surface area contributed by atoms with Crippen molar-refractivity contribution in [1.29, 1.82) is 0 Å². The zero-order chi connectivity index (χ0) is 21.3. The second-order valence-corrected chi connectivity index (χ2v) is 10.4. The van der Waals surface area contributed by atoms with Crippen molar-refractivity contribution in [3.8, 4) is 0 Å². The van der Waals surface area contributed by atoms with Crippen LogP contribution in [0.1, 0.15) is 47.9 Å². The van der Waals surface area contributed by atoms with E-state index in [0.717, 1.165) is 56.7 Å². The Morgan fingerprint density at radius 2 is 1.87 bits per heavy atom. The molecule has 1 saturated heterocycles. The van der Waals surface area contributed by atoms with E-state index in [1.165, 1.54) is 15.4 Å². The van der Waals surface area contributed by atoms with Crippen molar-refractivity contribution in [3.05, 3.63) is 53.0 Å². The van der Waals surface area contributed by atoms with Gasteiger partial charge in [0.15, 0.2) is 0 Å². The summed E-state index contributed by atoms with van der Waals surface area (Å²) in [6, 6.07) is 10.2. The van der Waals surface area contributed by atoms with E-state index in [9.17, 15) is 8.42 Å². The molecule has 2 aliphatic rings. The molecule has 0 bridgehead atoms. The molecule has 1 atom stereocenters. The molecule has 1 aromatic carbocycles. The number of aryl methyl sites for hydroxylation is 1. The number of fused-ring (bicyclic) bond motifs is 1. The highest BCUT2D eigenvalue weighted by molar-refractivity contribution is 7.86. The van der Waals surface area contributed by atoms with Gasteiger partial charge in [0.1, 0.15) is 11.6 Å². The lowest BCUT2D eigenvalue weighted by molar-refractivity contribution is 0.352. The van der Waals surface area contributed by atoms with E-state index in [1.807, 2.05) is 13.0 Å². The summed E-state index contributed by atoms with van der Waals surface area (Å²) < 4.78 is 28.4. The smallest absolute Gasteiger partial charge is 0.282 e. The number of aromatic nitrogens is 2. The molecule has 4 rings (SSSR count). The van der Waals surface area contributed by atoms with Gasteiger partial charge in [-0.2, -0.15) is 17.0 Å². The van der Waals surface area contributed by atoms with Gasteiger partial charge >= 0.3 is 0 Å². The molecule has 0 amide bonds. The normalized spacial score (nSPS) is 20.0. The summed E-state index contributed by atoms with van der Waals surface area (Å²) in [5.74, 6) is 1.63. The van der Waals surface area contributed by atoms with Crippen LogP contribution in [-0.4, -0.2) is 60.7 Å². The first-order valence-corrected chi connectivity index (χ1v) is 12.1. The first kappa shape index (κ1) is 21.2. The molecule has 0 saturated carbocycles.